The molecule has 0 fully saturated rings. The number of ketones is 1. The van der Waals surface area contributed by atoms with Gasteiger partial charge in [0.25, 0.3) is 5.91 Å². The summed E-state index contributed by atoms with van der Waals surface area (Å²) in [5.41, 5.74) is 1.08. The molecule has 0 spiro atoms. The molecular weight excluding hydrogens is 244 g/mol. The highest BCUT2D eigenvalue weighted by Crippen LogP contribution is 2.08. The van der Waals surface area contributed by atoms with Crippen LogP contribution in [0.4, 0.5) is 0 Å². The molecule has 0 aliphatic carbocycles. The van der Waals surface area contributed by atoms with E-state index in [-0.39, 0.29) is 18.1 Å². The van der Waals surface area contributed by atoms with Gasteiger partial charge in [0, 0.05) is 12.5 Å². The first kappa shape index (κ1) is 13.0. The van der Waals surface area contributed by atoms with Gasteiger partial charge in [0.2, 0.25) is 5.76 Å². The van der Waals surface area contributed by atoms with Crippen molar-refractivity contribution in [2.45, 2.75) is 13.8 Å². The molecule has 5 nitrogen and oxygen atoms in total. The van der Waals surface area contributed by atoms with Crippen molar-refractivity contribution in [3.05, 3.63) is 53.2 Å². The zero-order valence-corrected chi connectivity index (χ0v) is 10.8. The minimum Gasteiger partial charge on any atom is -0.436 e. The summed E-state index contributed by atoms with van der Waals surface area (Å²) >= 11 is 0. The molecule has 2 aromatic rings. The van der Waals surface area contributed by atoms with Crippen LogP contribution in [0.15, 0.2) is 34.7 Å². The molecule has 1 N–H and O–H groups in total. The maximum absolute atomic E-state index is 11.8. The second kappa shape index (κ2) is 5.48. The number of nitrogens with one attached hydrogen (secondary N) is 1. The Hall–Kier alpha value is -2.43. The van der Waals surface area contributed by atoms with Crippen molar-refractivity contribution in [2.24, 2.45) is 0 Å². The molecule has 1 aromatic heterocycles. The minimum atomic E-state index is -0.428. The Balaban J connectivity index is 1.98. The highest BCUT2D eigenvalue weighted by atomic mass is 16.4. The number of rotatable bonds is 4. The number of hydrogen-bond acceptors (Lipinski definition) is 4. The minimum absolute atomic E-state index is 0.0674. The molecule has 0 radical (unpaired) electrons. The number of carbonyl (C=O) groups is 2. The fourth-order valence-electron chi connectivity index (χ4n) is 1.71. The lowest BCUT2D eigenvalue weighted by Crippen LogP contribution is -2.29. The van der Waals surface area contributed by atoms with Gasteiger partial charge in [-0.15, -0.1) is 0 Å². The van der Waals surface area contributed by atoms with E-state index in [0.29, 0.717) is 17.1 Å². The Bertz CT molecular complexity index is 602. The molecular formula is C14H14N2O3. The van der Waals surface area contributed by atoms with E-state index in [1.54, 1.807) is 38.1 Å². The summed E-state index contributed by atoms with van der Waals surface area (Å²) in [7, 11) is 0. The molecule has 0 aliphatic heterocycles. The SMILES string of the molecule is Cc1nc(C)c(C(=O)NCC(=O)c2ccccc2)o1. The van der Waals surface area contributed by atoms with Crippen molar-refractivity contribution in [3.8, 4) is 0 Å². The lowest BCUT2D eigenvalue weighted by atomic mass is 10.1. The largest absolute Gasteiger partial charge is 0.436 e. The Morgan fingerprint density at radius 1 is 1.21 bits per heavy atom. The summed E-state index contributed by atoms with van der Waals surface area (Å²) in [6.45, 7) is 3.28. The number of Topliss-reactive ketones (excluding diaryl/α,β-unsaturated/α-hetero) is 1. The predicted octanol–water partition coefficient (Wildman–Crippen LogP) is 1.90. The topological polar surface area (TPSA) is 72.2 Å². The van der Waals surface area contributed by atoms with Gasteiger partial charge in [0.1, 0.15) is 0 Å². The van der Waals surface area contributed by atoms with Crippen LogP contribution in [0.25, 0.3) is 0 Å². The Morgan fingerprint density at radius 3 is 2.47 bits per heavy atom. The monoisotopic (exact) mass is 258 g/mol. The number of benzene rings is 1. The maximum atomic E-state index is 11.8. The van der Waals surface area contributed by atoms with Crippen LogP contribution in [0, 0.1) is 13.8 Å². The molecule has 0 saturated carbocycles. The molecule has 1 aromatic carbocycles. The zero-order valence-electron chi connectivity index (χ0n) is 10.8. The third-order valence-electron chi connectivity index (χ3n) is 2.62. The van der Waals surface area contributed by atoms with Crippen molar-refractivity contribution in [1.82, 2.24) is 10.3 Å². The highest BCUT2D eigenvalue weighted by Gasteiger charge is 2.16. The number of carbonyl (C=O) groups excluding carboxylic acids is 2. The van der Waals surface area contributed by atoms with Crippen LogP contribution < -0.4 is 5.32 Å². The van der Waals surface area contributed by atoms with Gasteiger partial charge in [-0.2, -0.15) is 0 Å². The lowest BCUT2D eigenvalue weighted by molar-refractivity contribution is 0.0883. The Labute approximate surface area is 110 Å². The first-order valence-electron chi connectivity index (χ1n) is 5.88. The second-order valence-corrected chi connectivity index (χ2v) is 4.12. The van der Waals surface area contributed by atoms with E-state index in [2.05, 4.69) is 10.3 Å². The molecule has 0 aliphatic rings. The molecule has 0 saturated heterocycles. The second-order valence-electron chi connectivity index (χ2n) is 4.12. The molecule has 98 valence electrons. The smallest absolute Gasteiger partial charge is 0.289 e. The van der Waals surface area contributed by atoms with Gasteiger partial charge in [-0.25, -0.2) is 4.98 Å². The molecule has 5 heteroatoms. The van der Waals surface area contributed by atoms with E-state index < -0.39 is 5.91 Å². The van der Waals surface area contributed by atoms with Crippen LogP contribution in [0.2, 0.25) is 0 Å². The van der Waals surface area contributed by atoms with E-state index in [4.69, 9.17) is 4.42 Å². The standard InChI is InChI=1S/C14H14N2O3/c1-9-13(19-10(2)16-9)14(18)15-8-12(17)11-6-4-3-5-7-11/h3-7H,8H2,1-2H3,(H,15,18). The average Bonchev–Trinajstić information content (AvgIpc) is 2.75. The molecule has 0 atom stereocenters. The van der Waals surface area contributed by atoms with Crippen molar-refractivity contribution in [3.63, 3.8) is 0 Å². The summed E-state index contributed by atoms with van der Waals surface area (Å²) in [5.74, 6) is 0.000573. The summed E-state index contributed by atoms with van der Waals surface area (Å²) in [5, 5.41) is 2.53. The van der Waals surface area contributed by atoms with E-state index >= 15 is 0 Å². The van der Waals surface area contributed by atoms with Gasteiger partial charge in [-0.3, -0.25) is 9.59 Å². The number of aryl methyl sites for hydroxylation is 2. The van der Waals surface area contributed by atoms with Crippen molar-refractivity contribution < 1.29 is 14.0 Å². The van der Waals surface area contributed by atoms with Crippen LogP contribution >= 0.6 is 0 Å². The van der Waals surface area contributed by atoms with Gasteiger partial charge in [0.05, 0.1) is 12.2 Å². The fourth-order valence-corrected chi connectivity index (χ4v) is 1.71. The van der Waals surface area contributed by atoms with E-state index in [9.17, 15) is 9.59 Å². The molecule has 1 heterocycles. The number of nitrogens with zero attached hydrogens (tertiary/aromatic N) is 1. The van der Waals surface area contributed by atoms with Crippen molar-refractivity contribution >= 4 is 11.7 Å². The number of hydrogen-bond donors (Lipinski definition) is 1. The fraction of sp³-hybridized carbons (Fsp3) is 0.214. The van der Waals surface area contributed by atoms with Gasteiger partial charge < -0.3 is 9.73 Å². The quantitative estimate of drug-likeness (QED) is 0.850. The molecule has 0 bridgehead atoms. The van der Waals surface area contributed by atoms with Crippen molar-refractivity contribution in [2.75, 3.05) is 6.54 Å². The maximum Gasteiger partial charge on any atom is 0.289 e. The van der Waals surface area contributed by atoms with Crippen molar-refractivity contribution in [1.29, 1.82) is 0 Å². The number of oxazole rings is 1. The van der Waals surface area contributed by atoms with Gasteiger partial charge in [0.15, 0.2) is 11.7 Å². The zero-order chi connectivity index (χ0) is 13.8. The van der Waals surface area contributed by atoms with E-state index in [0.717, 1.165) is 0 Å². The average molecular weight is 258 g/mol. The third kappa shape index (κ3) is 3.07. The summed E-state index contributed by atoms with van der Waals surface area (Å²) in [4.78, 5) is 27.6. The predicted molar refractivity (Wildman–Crippen MR) is 69.1 cm³/mol. The normalized spacial score (nSPS) is 10.2. The van der Waals surface area contributed by atoms with Gasteiger partial charge in [-0.1, -0.05) is 30.3 Å². The molecule has 1 amide bonds. The highest BCUT2D eigenvalue weighted by molar-refractivity contribution is 6.01. The van der Waals surface area contributed by atoms with Crippen LogP contribution in [-0.4, -0.2) is 23.2 Å². The Morgan fingerprint density at radius 2 is 1.89 bits per heavy atom. The van der Waals surface area contributed by atoms with Crippen LogP contribution in [0.5, 0.6) is 0 Å². The summed E-state index contributed by atoms with van der Waals surface area (Å²) in [6.07, 6.45) is 0. The first-order chi connectivity index (χ1) is 9.08. The number of amides is 1. The lowest BCUT2D eigenvalue weighted by Gasteiger charge is -2.03. The van der Waals surface area contributed by atoms with E-state index in [1.807, 2.05) is 6.07 Å². The van der Waals surface area contributed by atoms with Gasteiger partial charge >= 0.3 is 0 Å². The molecule has 2 rings (SSSR count). The van der Waals surface area contributed by atoms with E-state index in [1.165, 1.54) is 0 Å². The number of aromatic nitrogens is 1. The van der Waals surface area contributed by atoms with Crippen LogP contribution in [-0.2, 0) is 0 Å². The van der Waals surface area contributed by atoms with Gasteiger partial charge in [-0.05, 0) is 6.92 Å². The third-order valence-corrected chi connectivity index (χ3v) is 2.62. The molecule has 19 heavy (non-hydrogen) atoms. The summed E-state index contributed by atoms with van der Waals surface area (Å²) < 4.78 is 5.18. The summed E-state index contributed by atoms with van der Waals surface area (Å²) in [6, 6.07) is 8.80. The van der Waals surface area contributed by atoms with Crippen LogP contribution in [0.1, 0.15) is 32.5 Å². The molecule has 0 unspecified atom stereocenters. The Kier molecular flexibility index (Phi) is 3.75. The van der Waals surface area contributed by atoms with Crippen LogP contribution in [0.3, 0.4) is 0 Å². The first-order valence-corrected chi connectivity index (χ1v) is 5.88.